The molecule has 0 amide bonds. The van der Waals surface area contributed by atoms with E-state index in [0.29, 0.717) is 25.3 Å². The van der Waals surface area contributed by atoms with Gasteiger partial charge in [-0.15, -0.1) is 0 Å². The maximum Gasteiger partial charge on any atom is 0.242 e. The molecule has 0 aromatic heterocycles. The molecule has 0 bridgehead atoms. The van der Waals surface area contributed by atoms with E-state index in [4.69, 9.17) is 4.74 Å². The number of para-hydroxylation sites is 1. The lowest BCUT2D eigenvalue weighted by atomic mass is 10.3. The predicted molar refractivity (Wildman–Crippen MR) is 76.9 cm³/mol. The zero-order valence-corrected chi connectivity index (χ0v) is 12.5. The zero-order chi connectivity index (χ0) is 14.3. The molecule has 108 valence electrons. The zero-order valence-electron chi connectivity index (χ0n) is 11.6. The molecule has 1 rings (SSSR count). The van der Waals surface area contributed by atoms with Gasteiger partial charge in [0.1, 0.15) is 4.90 Å². The van der Waals surface area contributed by atoms with Gasteiger partial charge in [-0.05, 0) is 32.4 Å². The number of sulfonamides is 1. The highest BCUT2D eigenvalue weighted by atomic mass is 32.2. The first-order valence-corrected chi connectivity index (χ1v) is 7.83. The van der Waals surface area contributed by atoms with Crippen LogP contribution in [0.5, 0.6) is 0 Å². The van der Waals surface area contributed by atoms with Crippen molar-refractivity contribution >= 4 is 15.7 Å². The maximum atomic E-state index is 12.3. The van der Waals surface area contributed by atoms with Gasteiger partial charge in [-0.25, -0.2) is 13.1 Å². The Bertz CT molecular complexity index is 488. The normalized spacial score (nSPS) is 13.2. The second-order valence-electron chi connectivity index (χ2n) is 4.33. The van der Waals surface area contributed by atoms with Gasteiger partial charge in [0.25, 0.3) is 0 Å². The molecule has 0 radical (unpaired) electrons. The summed E-state index contributed by atoms with van der Waals surface area (Å²) in [5.74, 6) is 0. The Labute approximate surface area is 115 Å². The van der Waals surface area contributed by atoms with Crippen molar-refractivity contribution in [3.63, 3.8) is 0 Å². The van der Waals surface area contributed by atoms with E-state index in [1.807, 2.05) is 19.9 Å². The second-order valence-corrected chi connectivity index (χ2v) is 6.01. The first-order valence-electron chi connectivity index (χ1n) is 6.35. The van der Waals surface area contributed by atoms with Crippen LogP contribution in [0.15, 0.2) is 29.2 Å². The summed E-state index contributed by atoms with van der Waals surface area (Å²) >= 11 is 0. The minimum Gasteiger partial charge on any atom is -0.385 e. The van der Waals surface area contributed by atoms with Gasteiger partial charge in [-0.3, -0.25) is 0 Å². The van der Waals surface area contributed by atoms with Gasteiger partial charge in [0.05, 0.1) is 5.69 Å². The van der Waals surface area contributed by atoms with Crippen LogP contribution in [0.4, 0.5) is 5.69 Å². The fourth-order valence-electron chi connectivity index (χ4n) is 1.72. The molecule has 0 aliphatic carbocycles. The Kier molecular flexibility index (Phi) is 6.27. The molecule has 1 unspecified atom stereocenters. The Morgan fingerprint density at radius 3 is 2.63 bits per heavy atom. The van der Waals surface area contributed by atoms with Crippen LogP contribution in [0.1, 0.15) is 20.3 Å². The van der Waals surface area contributed by atoms with E-state index in [0.717, 1.165) is 0 Å². The molecule has 0 saturated heterocycles. The van der Waals surface area contributed by atoms with E-state index >= 15 is 0 Å². The van der Waals surface area contributed by atoms with Gasteiger partial charge in [-0.1, -0.05) is 12.1 Å². The average molecular weight is 286 g/mol. The summed E-state index contributed by atoms with van der Waals surface area (Å²) in [6.07, 6.45) is 0.638. The largest absolute Gasteiger partial charge is 0.385 e. The Hall–Kier alpha value is -1.11. The predicted octanol–water partition coefficient (Wildman–Crippen LogP) is 1.82. The molecule has 0 aliphatic heterocycles. The Morgan fingerprint density at radius 1 is 1.32 bits per heavy atom. The summed E-state index contributed by atoms with van der Waals surface area (Å²) in [5, 5.41) is 3.05. The molecule has 1 atom stereocenters. The third-order valence-corrected chi connectivity index (χ3v) is 4.30. The molecule has 0 fully saturated rings. The number of methoxy groups -OCH3 is 1. The average Bonchev–Trinajstić information content (AvgIpc) is 2.37. The molecular weight excluding hydrogens is 264 g/mol. The van der Waals surface area contributed by atoms with Crippen LogP contribution >= 0.6 is 0 Å². The van der Waals surface area contributed by atoms with Crippen LogP contribution in [0.3, 0.4) is 0 Å². The van der Waals surface area contributed by atoms with Crippen molar-refractivity contribution in [1.82, 2.24) is 4.72 Å². The fourth-order valence-corrected chi connectivity index (χ4v) is 3.18. The van der Waals surface area contributed by atoms with Crippen molar-refractivity contribution < 1.29 is 13.2 Å². The second kappa shape index (κ2) is 7.47. The van der Waals surface area contributed by atoms with Crippen LogP contribution in [-0.2, 0) is 14.8 Å². The number of ether oxygens (including phenoxy) is 1. The molecule has 1 aromatic carbocycles. The maximum absolute atomic E-state index is 12.3. The standard InChI is InChI=1S/C13H22N2O3S/c1-4-14-12-7-5-6-8-13(12)19(16,17)15-11(2)9-10-18-3/h5-8,11,14-15H,4,9-10H2,1-3H3. The first kappa shape index (κ1) is 15.9. The Morgan fingerprint density at radius 2 is 2.00 bits per heavy atom. The topological polar surface area (TPSA) is 67.4 Å². The summed E-state index contributed by atoms with van der Waals surface area (Å²) in [6.45, 7) is 4.95. The van der Waals surface area contributed by atoms with Crippen molar-refractivity contribution in [1.29, 1.82) is 0 Å². The molecule has 0 saturated carbocycles. The summed E-state index contributed by atoms with van der Waals surface area (Å²) in [4.78, 5) is 0.279. The molecule has 5 nitrogen and oxygen atoms in total. The van der Waals surface area contributed by atoms with Crippen molar-refractivity contribution in [3.8, 4) is 0 Å². The van der Waals surface area contributed by atoms with E-state index in [9.17, 15) is 8.42 Å². The smallest absolute Gasteiger partial charge is 0.242 e. The number of benzene rings is 1. The van der Waals surface area contributed by atoms with Crippen LogP contribution in [0, 0.1) is 0 Å². The number of hydrogen-bond donors (Lipinski definition) is 2. The molecule has 0 aliphatic rings. The first-order chi connectivity index (χ1) is 9.01. The highest BCUT2D eigenvalue weighted by molar-refractivity contribution is 7.89. The van der Waals surface area contributed by atoms with E-state index < -0.39 is 10.0 Å². The summed E-state index contributed by atoms with van der Waals surface area (Å²) in [6, 6.07) is 6.72. The van der Waals surface area contributed by atoms with Gasteiger partial charge in [0.2, 0.25) is 10.0 Å². The molecule has 6 heteroatoms. The Balaban J connectivity index is 2.88. The number of anilines is 1. The number of nitrogens with one attached hydrogen (secondary N) is 2. The van der Waals surface area contributed by atoms with Crippen molar-refractivity contribution in [2.45, 2.75) is 31.2 Å². The summed E-state index contributed by atoms with van der Waals surface area (Å²) < 4.78 is 32.2. The van der Waals surface area contributed by atoms with E-state index in [2.05, 4.69) is 10.0 Å². The molecule has 19 heavy (non-hydrogen) atoms. The van der Waals surface area contributed by atoms with Crippen LogP contribution in [-0.4, -0.2) is 34.7 Å². The highest BCUT2D eigenvalue weighted by Gasteiger charge is 2.20. The number of hydrogen-bond acceptors (Lipinski definition) is 4. The van der Waals surface area contributed by atoms with Gasteiger partial charge >= 0.3 is 0 Å². The van der Waals surface area contributed by atoms with Gasteiger partial charge < -0.3 is 10.1 Å². The van der Waals surface area contributed by atoms with Crippen LogP contribution in [0.25, 0.3) is 0 Å². The summed E-state index contributed by atoms with van der Waals surface area (Å²) in [7, 11) is -1.91. The summed E-state index contributed by atoms with van der Waals surface area (Å²) in [5.41, 5.74) is 0.622. The van der Waals surface area contributed by atoms with Crippen molar-refractivity contribution in [2.75, 3.05) is 25.6 Å². The van der Waals surface area contributed by atoms with E-state index in [1.165, 1.54) is 0 Å². The van der Waals surface area contributed by atoms with E-state index in [-0.39, 0.29) is 10.9 Å². The minimum absolute atomic E-state index is 0.167. The number of rotatable bonds is 8. The molecule has 0 spiro atoms. The van der Waals surface area contributed by atoms with E-state index in [1.54, 1.807) is 25.3 Å². The van der Waals surface area contributed by atoms with Crippen LogP contribution < -0.4 is 10.0 Å². The van der Waals surface area contributed by atoms with Crippen molar-refractivity contribution in [3.05, 3.63) is 24.3 Å². The third kappa shape index (κ3) is 4.81. The lowest BCUT2D eigenvalue weighted by Gasteiger charge is -2.16. The van der Waals surface area contributed by atoms with Crippen LogP contribution in [0.2, 0.25) is 0 Å². The molecule has 1 aromatic rings. The van der Waals surface area contributed by atoms with Gasteiger partial charge in [0.15, 0.2) is 0 Å². The van der Waals surface area contributed by atoms with Gasteiger partial charge in [0, 0.05) is 26.3 Å². The monoisotopic (exact) mass is 286 g/mol. The molecule has 0 heterocycles. The fraction of sp³-hybridized carbons (Fsp3) is 0.538. The lowest BCUT2D eigenvalue weighted by Crippen LogP contribution is -2.33. The SMILES string of the molecule is CCNc1ccccc1S(=O)(=O)NC(C)CCOC. The van der Waals surface area contributed by atoms with Crippen molar-refractivity contribution in [2.24, 2.45) is 0 Å². The minimum atomic E-state index is -3.51. The molecule has 2 N–H and O–H groups in total. The third-order valence-electron chi connectivity index (χ3n) is 2.66. The highest BCUT2D eigenvalue weighted by Crippen LogP contribution is 2.20. The lowest BCUT2D eigenvalue weighted by molar-refractivity contribution is 0.188. The quantitative estimate of drug-likeness (QED) is 0.765. The molecular formula is C13H22N2O3S. The van der Waals surface area contributed by atoms with Gasteiger partial charge in [-0.2, -0.15) is 0 Å².